The Morgan fingerprint density at radius 3 is 0.676 bits per heavy atom. The van der Waals surface area contributed by atoms with Crippen LogP contribution < -0.4 is 25.6 Å². The lowest BCUT2D eigenvalue weighted by Gasteiger charge is -2.30. The summed E-state index contributed by atoms with van der Waals surface area (Å²) in [4.78, 5) is 6.20. The van der Waals surface area contributed by atoms with E-state index in [1.807, 2.05) is 97.1 Å². The average molecular weight is 952 g/mol. The van der Waals surface area contributed by atoms with Crippen molar-refractivity contribution < 1.29 is 15.3 Å². The summed E-state index contributed by atoms with van der Waals surface area (Å²) in [7, 11) is 12.7. The molecule has 0 heterocycles. The lowest BCUT2D eigenvalue weighted by atomic mass is 9.83. The molecule has 3 N–H and O–H groups in total. The molecule has 0 aliphatic heterocycles. The number of hydrogen-bond acceptors (Lipinski definition) is 6. The van der Waals surface area contributed by atoms with E-state index in [-0.39, 0.29) is 11.2 Å². The van der Waals surface area contributed by atoms with Crippen LogP contribution in [0, 0.1) is 0 Å². The first-order valence-electron chi connectivity index (χ1n) is 24.3. The normalized spacial score (nSPS) is 11.0. The van der Waals surface area contributed by atoms with Crippen molar-refractivity contribution in [2.45, 2.75) is 0 Å². The highest BCUT2D eigenvalue weighted by Gasteiger charge is 2.25. The van der Waals surface area contributed by atoms with E-state index >= 15 is 0 Å². The van der Waals surface area contributed by atoms with Crippen molar-refractivity contribution in [2.24, 2.45) is 0 Å². The maximum atomic E-state index is 11.5. The second kappa shape index (κ2) is 20.6. The zero-order chi connectivity index (χ0) is 50.5. The topological polar surface area (TPSA) is 70.4 Å². The Balaban J connectivity index is 0.885. The third-order valence-corrected chi connectivity index (χ3v) is 13.4. The van der Waals surface area contributed by atoms with Crippen LogP contribution in [0.2, 0.25) is 0 Å². The molecule has 0 bridgehead atoms. The molecule has 4 radical (unpaired) electrons. The van der Waals surface area contributed by atoms with Crippen molar-refractivity contribution >= 4 is 77.8 Å². The molecule has 8 heteroatoms. The largest absolute Gasteiger partial charge is 0.506 e. The summed E-state index contributed by atoms with van der Waals surface area (Å²) in [6.45, 7) is 0. The molecule has 0 aliphatic carbocycles. The quantitative estimate of drug-likeness (QED) is 0.0608. The van der Waals surface area contributed by atoms with Crippen LogP contribution in [0.5, 0.6) is 17.2 Å². The predicted octanol–water partition coefficient (Wildman–Crippen LogP) is 15.5. The molecule has 11 aromatic rings. The smallest absolute Gasteiger partial charge is 0.153 e. The monoisotopic (exact) mass is 951 g/mol. The number of rotatable bonds is 13. The van der Waals surface area contributed by atoms with Gasteiger partial charge < -0.3 is 30.0 Å². The number of phenolic OH excluding ortho intramolecular Hbond substituents is 3. The summed E-state index contributed by atoms with van der Waals surface area (Å²) < 4.78 is 0. The highest BCUT2D eigenvalue weighted by molar-refractivity contribution is 6.44. The highest BCUT2D eigenvalue weighted by Crippen LogP contribution is 2.44. The van der Waals surface area contributed by atoms with Gasteiger partial charge in [0.25, 0.3) is 0 Å². The molecule has 0 atom stereocenters. The fourth-order valence-electron chi connectivity index (χ4n) is 9.50. The first-order chi connectivity index (χ1) is 36.3. The van der Waals surface area contributed by atoms with Gasteiger partial charge in [0.15, 0.2) is 11.5 Å². The minimum absolute atomic E-state index is 0.0302. The molecule has 11 aromatic carbocycles. The second-order valence-corrected chi connectivity index (χ2v) is 17.9. The third kappa shape index (κ3) is 9.36. The number of hydrogen-bond donors (Lipinski definition) is 3. The third-order valence-electron chi connectivity index (χ3n) is 13.4. The van der Waals surface area contributed by atoms with E-state index in [2.05, 4.69) is 180 Å². The average Bonchev–Trinajstić information content (AvgIpc) is 3.47. The van der Waals surface area contributed by atoms with E-state index in [1.165, 1.54) is 11.1 Å². The Morgan fingerprint density at radius 1 is 0.203 bits per heavy atom. The molecular weight excluding hydrogens is 904 g/mol. The SMILES string of the molecule is [B]c1c(O)c(O)c([B])c(N(c2ccc(-c3ccc(N(c4ccccc4)c4ccc(-c5ccccc5)cc4)cc3)cc2)c2ccc(-c3ccc(N(c4ccccc4)c4ccc(-c5ccccc5)cc4)cc3)cc2)c1O. The van der Waals surface area contributed by atoms with Gasteiger partial charge in [-0.05, 0) is 152 Å². The summed E-state index contributed by atoms with van der Waals surface area (Å²) >= 11 is 0. The Labute approximate surface area is 434 Å². The summed E-state index contributed by atoms with van der Waals surface area (Å²) in [5.74, 6) is -1.78. The minimum Gasteiger partial charge on any atom is -0.506 e. The molecule has 0 fully saturated rings. The number of anilines is 9. The molecule has 350 valence electrons. The van der Waals surface area contributed by atoms with Gasteiger partial charge in [0.2, 0.25) is 0 Å². The molecule has 6 nitrogen and oxygen atoms in total. The van der Waals surface area contributed by atoms with Gasteiger partial charge in [0.05, 0.1) is 5.69 Å². The molecule has 0 aliphatic rings. The summed E-state index contributed by atoms with van der Waals surface area (Å²) in [5.41, 5.74) is 15.4. The van der Waals surface area contributed by atoms with Gasteiger partial charge in [-0.3, -0.25) is 0 Å². The van der Waals surface area contributed by atoms with Crippen molar-refractivity contribution in [3.05, 3.63) is 267 Å². The number of nitrogens with zero attached hydrogens (tertiary/aromatic N) is 3. The summed E-state index contributed by atoms with van der Waals surface area (Å²) in [5, 5.41) is 33.0. The lowest BCUT2D eigenvalue weighted by molar-refractivity contribution is 0.404. The Kier molecular flexibility index (Phi) is 13.0. The van der Waals surface area contributed by atoms with Crippen LogP contribution >= 0.6 is 0 Å². The zero-order valence-corrected chi connectivity index (χ0v) is 40.2. The van der Waals surface area contributed by atoms with Crippen molar-refractivity contribution in [3.63, 3.8) is 0 Å². The standard InChI is InChI=1S/C66H47B2N3O3/c67-61-63(64(72)62(68)66(74)65(61)73)71(59-41-29-51(30-42-59)49-25-37-57(38-26-49)69(53-17-9-3-10-18-53)55-33-21-47(22-34-55)45-13-5-1-6-14-45)60-43-31-52(32-44-60)50-27-39-58(40-28-50)70(54-19-11-4-12-20-54)56-35-23-48(24-36-56)46-15-7-2-8-16-46/h1-44,72-74H. The lowest BCUT2D eigenvalue weighted by Crippen LogP contribution is -2.23. The molecule has 0 saturated heterocycles. The maximum absolute atomic E-state index is 11.5. The number of para-hydroxylation sites is 2. The number of phenols is 3. The molecular formula is C66H47B2N3O3. The molecule has 0 amide bonds. The van der Waals surface area contributed by atoms with Crippen molar-refractivity contribution in [1.29, 1.82) is 0 Å². The van der Waals surface area contributed by atoms with E-state index in [4.69, 9.17) is 15.7 Å². The van der Waals surface area contributed by atoms with Gasteiger partial charge in [0.1, 0.15) is 21.4 Å². The van der Waals surface area contributed by atoms with Gasteiger partial charge >= 0.3 is 0 Å². The van der Waals surface area contributed by atoms with E-state index in [9.17, 15) is 15.3 Å². The number of benzene rings is 11. The van der Waals surface area contributed by atoms with Gasteiger partial charge in [0, 0.05) is 45.5 Å². The van der Waals surface area contributed by atoms with Crippen LogP contribution in [0.15, 0.2) is 267 Å². The molecule has 11 rings (SSSR count). The van der Waals surface area contributed by atoms with Crippen LogP contribution in [0.1, 0.15) is 0 Å². The summed E-state index contributed by atoms with van der Waals surface area (Å²) in [6, 6.07) is 91.2. The first kappa shape index (κ1) is 46.7. The predicted molar refractivity (Wildman–Crippen MR) is 308 cm³/mol. The van der Waals surface area contributed by atoms with Crippen LogP contribution in [-0.4, -0.2) is 31.0 Å². The summed E-state index contributed by atoms with van der Waals surface area (Å²) in [6.07, 6.45) is 0. The van der Waals surface area contributed by atoms with Crippen LogP contribution in [-0.2, 0) is 0 Å². The van der Waals surface area contributed by atoms with Gasteiger partial charge in [-0.2, -0.15) is 0 Å². The minimum atomic E-state index is -0.689. The Bertz CT molecular complexity index is 3420. The first-order valence-corrected chi connectivity index (χ1v) is 24.3. The van der Waals surface area contributed by atoms with Gasteiger partial charge in [-0.15, -0.1) is 0 Å². The maximum Gasteiger partial charge on any atom is 0.153 e. The Morgan fingerprint density at radius 2 is 0.405 bits per heavy atom. The second-order valence-electron chi connectivity index (χ2n) is 17.9. The fraction of sp³-hybridized carbons (Fsp3) is 0. The van der Waals surface area contributed by atoms with Crippen LogP contribution in [0.4, 0.5) is 51.2 Å². The van der Waals surface area contributed by atoms with Gasteiger partial charge in [-0.25, -0.2) is 0 Å². The van der Waals surface area contributed by atoms with E-state index < -0.39 is 22.7 Å². The van der Waals surface area contributed by atoms with Crippen LogP contribution in [0.25, 0.3) is 44.5 Å². The molecule has 0 aromatic heterocycles. The van der Waals surface area contributed by atoms with Crippen molar-refractivity contribution in [3.8, 4) is 61.8 Å². The van der Waals surface area contributed by atoms with E-state index in [1.54, 1.807) is 4.90 Å². The van der Waals surface area contributed by atoms with Crippen molar-refractivity contribution in [1.82, 2.24) is 0 Å². The van der Waals surface area contributed by atoms with E-state index in [0.717, 1.165) is 67.5 Å². The zero-order valence-electron chi connectivity index (χ0n) is 40.2. The van der Waals surface area contributed by atoms with Crippen molar-refractivity contribution in [2.75, 3.05) is 14.7 Å². The fourth-order valence-corrected chi connectivity index (χ4v) is 9.50. The molecule has 0 spiro atoms. The molecule has 0 saturated carbocycles. The van der Waals surface area contributed by atoms with Crippen LogP contribution in [0.3, 0.4) is 0 Å². The molecule has 0 unspecified atom stereocenters. The highest BCUT2D eigenvalue weighted by atomic mass is 16.3. The molecule has 74 heavy (non-hydrogen) atoms. The number of aromatic hydroxyl groups is 3. The van der Waals surface area contributed by atoms with E-state index in [0.29, 0.717) is 11.4 Å². The Hall–Kier alpha value is -9.65. The van der Waals surface area contributed by atoms with Gasteiger partial charge in [-0.1, -0.05) is 170 Å².